The highest BCUT2D eigenvalue weighted by Gasteiger charge is 2.20. The van der Waals surface area contributed by atoms with Gasteiger partial charge in [-0.3, -0.25) is 4.98 Å². The molecule has 0 amide bonds. The van der Waals surface area contributed by atoms with Gasteiger partial charge in [0.15, 0.2) is 0 Å². The van der Waals surface area contributed by atoms with Crippen LogP contribution in [-0.2, 0) is 11.2 Å². The summed E-state index contributed by atoms with van der Waals surface area (Å²) in [5.74, 6) is -0.489. The number of rotatable bonds is 7. The van der Waals surface area contributed by atoms with Crippen LogP contribution in [0.3, 0.4) is 0 Å². The molecule has 0 unspecified atom stereocenters. The minimum absolute atomic E-state index is 0.142. The molecule has 7 heteroatoms. The molecule has 1 fully saturated rings. The molecule has 0 saturated carbocycles. The van der Waals surface area contributed by atoms with Crippen LogP contribution in [0.4, 0.5) is 10.2 Å². The highest BCUT2D eigenvalue weighted by Crippen LogP contribution is 2.16. The Morgan fingerprint density at radius 1 is 1.33 bits per heavy atom. The Morgan fingerprint density at radius 2 is 2.19 bits per heavy atom. The van der Waals surface area contributed by atoms with Crippen LogP contribution in [0.2, 0.25) is 0 Å². The molecule has 1 saturated heterocycles. The van der Waals surface area contributed by atoms with Crippen LogP contribution in [0.25, 0.3) is 6.08 Å². The van der Waals surface area contributed by atoms with Crippen LogP contribution in [0, 0.1) is 5.82 Å². The van der Waals surface area contributed by atoms with Crippen LogP contribution in [0.1, 0.15) is 24.1 Å². The van der Waals surface area contributed by atoms with Gasteiger partial charge in [0.2, 0.25) is 0 Å². The summed E-state index contributed by atoms with van der Waals surface area (Å²) in [4.78, 5) is 21.3. The highest BCUT2D eigenvalue weighted by atomic mass is 19.1. The number of nitrogens with zero attached hydrogens (tertiary/aromatic N) is 3. The number of carboxylic acids is 1. The Morgan fingerprint density at radius 3 is 2.93 bits per heavy atom. The molecule has 0 spiro atoms. The second kappa shape index (κ2) is 9.23. The Kier molecular flexibility index (Phi) is 6.49. The van der Waals surface area contributed by atoms with Crippen molar-refractivity contribution in [3.63, 3.8) is 0 Å². The predicted octanol–water partition coefficient (Wildman–Crippen LogP) is 2.83. The maximum Gasteiger partial charge on any atom is 0.328 e. The van der Waals surface area contributed by atoms with E-state index in [9.17, 15) is 9.18 Å². The molecular weight excluding hydrogens is 347 g/mol. The van der Waals surface area contributed by atoms with Crippen molar-refractivity contribution in [1.29, 1.82) is 0 Å². The molecule has 0 bridgehead atoms. The number of anilines is 1. The molecule has 2 N–H and O–H groups in total. The summed E-state index contributed by atoms with van der Waals surface area (Å²) < 4.78 is 13.8. The molecule has 6 nitrogen and oxygen atoms in total. The summed E-state index contributed by atoms with van der Waals surface area (Å²) in [5, 5.41) is 12.0. The number of benzene rings is 1. The van der Waals surface area contributed by atoms with Crippen LogP contribution in [0.5, 0.6) is 0 Å². The van der Waals surface area contributed by atoms with Crippen LogP contribution >= 0.6 is 0 Å². The molecule has 1 atom stereocenters. The van der Waals surface area contributed by atoms with Crippen molar-refractivity contribution in [1.82, 2.24) is 14.9 Å². The largest absolute Gasteiger partial charge is 0.478 e. The average Bonchev–Trinajstić information content (AvgIpc) is 2.67. The van der Waals surface area contributed by atoms with E-state index in [4.69, 9.17) is 5.11 Å². The van der Waals surface area contributed by atoms with Crippen LogP contribution in [-0.4, -0.2) is 51.6 Å². The smallest absolute Gasteiger partial charge is 0.328 e. The summed E-state index contributed by atoms with van der Waals surface area (Å²) in [5.41, 5.74) is 1.25. The SMILES string of the molecule is O=C(O)/C=C/c1cnc(N[C@@H]2CCCN(CCc3ccccc3F)C2)cn1. The van der Waals surface area contributed by atoms with Crippen molar-refractivity contribution in [2.24, 2.45) is 0 Å². The van der Waals surface area contributed by atoms with E-state index < -0.39 is 5.97 Å². The van der Waals surface area contributed by atoms with Gasteiger partial charge < -0.3 is 15.3 Å². The summed E-state index contributed by atoms with van der Waals surface area (Å²) in [6.07, 6.45) is 8.40. The second-order valence-corrected chi connectivity index (χ2v) is 6.62. The van der Waals surface area contributed by atoms with Gasteiger partial charge in [-0.2, -0.15) is 0 Å². The van der Waals surface area contributed by atoms with Gasteiger partial charge in [0.25, 0.3) is 0 Å². The fourth-order valence-electron chi connectivity index (χ4n) is 3.22. The van der Waals surface area contributed by atoms with Gasteiger partial charge >= 0.3 is 5.97 Å². The molecule has 1 aromatic heterocycles. The second-order valence-electron chi connectivity index (χ2n) is 6.62. The summed E-state index contributed by atoms with van der Waals surface area (Å²) in [6, 6.07) is 7.18. The van der Waals surface area contributed by atoms with Crippen molar-refractivity contribution < 1.29 is 14.3 Å². The number of aliphatic carboxylic acids is 1. The number of likely N-dealkylation sites (tertiary alicyclic amines) is 1. The normalized spacial score (nSPS) is 17.9. The van der Waals surface area contributed by atoms with E-state index in [1.165, 1.54) is 12.1 Å². The monoisotopic (exact) mass is 370 g/mol. The third kappa shape index (κ3) is 5.86. The number of hydrogen-bond donors (Lipinski definition) is 2. The topological polar surface area (TPSA) is 78.3 Å². The Balaban J connectivity index is 1.50. The van der Waals surface area contributed by atoms with Crippen molar-refractivity contribution in [2.45, 2.75) is 25.3 Å². The fraction of sp³-hybridized carbons (Fsp3) is 0.350. The van der Waals surface area contributed by atoms with Gasteiger partial charge in [-0.05, 0) is 43.5 Å². The summed E-state index contributed by atoms with van der Waals surface area (Å²) in [6.45, 7) is 2.71. The lowest BCUT2D eigenvalue weighted by Crippen LogP contribution is -2.43. The van der Waals surface area contributed by atoms with Gasteiger partial charge in [-0.25, -0.2) is 14.2 Å². The first kappa shape index (κ1) is 19.0. The molecule has 0 radical (unpaired) electrons. The van der Waals surface area contributed by atoms with Gasteiger partial charge in [-0.15, -0.1) is 0 Å². The van der Waals surface area contributed by atoms with Crippen molar-refractivity contribution >= 4 is 17.9 Å². The van der Waals surface area contributed by atoms with Gasteiger partial charge in [0, 0.05) is 25.2 Å². The lowest BCUT2D eigenvalue weighted by Gasteiger charge is -2.33. The Hall–Kier alpha value is -2.80. The standard InChI is InChI=1S/C20H23FN4O2/c21-18-6-2-1-4-15(18)9-11-25-10-3-5-17(14-25)24-19-13-22-16(12-23-19)7-8-20(26)27/h1-2,4,6-8,12-13,17H,3,5,9-11,14H2,(H,23,24)(H,26,27)/b8-7+/t17-/m1/s1. The average molecular weight is 370 g/mol. The zero-order valence-electron chi connectivity index (χ0n) is 15.0. The third-order valence-corrected chi connectivity index (χ3v) is 4.58. The minimum atomic E-state index is -1.02. The number of piperidine rings is 1. The molecule has 3 rings (SSSR count). The zero-order valence-corrected chi connectivity index (χ0v) is 15.0. The van der Waals surface area contributed by atoms with Crippen molar-refractivity contribution in [3.05, 3.63) is 59.8 Å². The molecule has 1 aliphatic heterocycles. The number of hydrogen-bond acceptors (Lipinski definition) is 5. The Labute approximate surface area is 157 Å². The quantitative estimate of drug-likeness (QED) is 0.730. The number of halogens is 1. The first-order valence-corrected chi connectivity index (χ1v) is 9.05. The summed E-state index contributed by atoms with van der Waals surface area (Å²) >= 11 is 0. The highest BCUT2D eigenvalue weighted by molar-refractivity contribution is 5.84. The molecule has 1 aliphatic rings. The van der Waals surface area contributed by atoms with Gasteiger partial charge in [0.05, 0.1) is 18.1 Å². The van der Waals surface area contributed by atoms with E-state index in [0.29, 0.717) is 17.9 Å². The van der Waals surface area contributed by atoms with Gasteiger partial charge in [-0.1, -0.05) is 18.2 Å². The predicted molar refractivity (Wildman–Crippen MR) is 102 cm³/mol. The van der Waals surface area contributed by atoms with Crippen LogP contribution < -0.4 is 5.32 Å². The number of carbonyl (C=O) groups is 1. The molecule has 1 aromatic carbocycles. The molecular formula is C20H23FN4O2. The molecule has 2 aromatic rings. The van der Waals surface area contributed by atoms with E-state index in [1.807, 2.05) is 12.1 Å². The maximum absolute atomic E-state index is 13.8. The Bertz CT molecular complexity index is 795. The number of aromatic nitrogens is 2. The van der Waals surface area contributed by atoms with E-state index in [2.05, 4.69) is 20.2 Å². The lowest BCUT2D eigenvalue weighted by atomic mass is 10.0. The maximum atomic E-state index is 13.8. The molecule has 27 heavy (non-hydrogen) atoms. The number of nitrogens with one attached hydrogen (secondary N) is 1. The van der Waals surface area contributed by atoms with Crippen LogP contribution in [0.15, 0.2) is 42.7 Å². The number of carboxylic acid groups (broad SMARTS) is 1. The fourth-order valence-corrected chi connectivity index (χ4v) is 3.22. The minimum Gasteiger partial charge on any atom is -0.478 e. The van der Waals surface area contributed by atoms with Gasteiger partial charge in [0.1, 0.15) is 11.6 Å². The third-order valence-electron chi connectivity index (χ3n) is 4.58. The summed E-state index contributed by atoms with van der Waals surface area (Å²) in [7, 11) is 0. The molecule has 2 heterocycles. The van der Waals surface area contributed by atoms with Crippen molar-refractivity contribution in [3.8, 4) is 0 Å². The molecule has 0 aliphatic carbocycles. The molecule has 142 valence electrons. The first-order chi connectivity index (χ1) is 13.1. The van der Waals surface area contributed by atoms with E-state index >= 15 is 0 Å². The van der Waals surface area contributed by atoms with E-state index in [-0.39, 0.29) is 11.9 Å². The lowest BCUT2D eigenvalue weighted by molar-refractivity contribution is -0.131. The van der Waals surface area contributed by atoms with E-state index in [0.717, 1.165) is 44.1 Å². The van der Waals surface area contributed by atoms with Crippen molar-refractivity contribution in [2.75, 3.05) is 25.0 Å². The first-order valence-electron chi connectivity index (χ1n) is 9.05. The van der Waals surface area contributed by atoms with E-state index in [1.54, 1.807) is 18.5 Å². The zero-order chi connectivity index (χ0) is 19.1.